The molecule has 2 heterocycles. The zero-order chi connectivity index (χ0) is 14.8. The minimum Gasteiger partial charge on any atom is -0.448 e. The fourth-order valence-electron chi connectivity index (χ4n) is 4.35. The van der Waals surface area contributed by atoms with Gasteiger partial charge in [-0.3, -0.25) is 9.59 Å². The average Bonchev–Trinajstić information content (AvgIpc) is 2.68. The highest BCUT2D eigenvalue weighted by Gasteiger charge is 2.76. The molecule has 3 fully saturated rings. The van der Waals surface area contributed by atoms with E-state index < -0.39 is 16.4 Å². The van der Waals surface area contributed by atoms with Crippen LogP contribution in [-0.2, 0) is 14.3 Å². The van der Waals surface area contributed by atoms with E-state index in [-0.39, 0.29) is 11.9 Å². The molecule has 0 radical (unpaired) electrons. The summed E-state index contributed by atoms with van der Waals surface area (Å²) in [7, 11) is 0. The van der Waals surface area contributed by atoms with Crippen LogP contribution in [0.2, 0.25) is 0 Å². The van der Waals surface area contributed by atoms with E-state index in [0.29, 0.717) is 12.3 Å². The molecule has 1 aliphatic carbocycles. The molecule has 3 aliphatic rings. The number of likely N-dealkylation sites (tertiary alicyclic amines) is 1. The third-order valence-electron chi connectivity index (χ3n) is 6.37. The zero-order valence-corrected chi connectivity index (χ0v) is 13.0. The lowest BCUT2D eigenvalue weighted by Crippen LogP contribution is -2.56. The topological polar surface area (TPSA) is 46.6 Å². The van der Waals surface area contributed by atoms with Gasteiger partial charge in [-0.15, -0.1) is 0 Å². The molecule has 0 spiro atoms. The van der Waals surface area contributed by atoms with E-state index in [1.54, 1.807) is 0 Å². The van der Waals surface area contributed by atoms with E-state index >= 15 is 0 Å². The molecule has 112 valence electrons. The molecule has 3 atom stereocenters. The third kappa shape index (κ3) is 1.43. The molecular formula is C16H25NO3. The molecule has 20 heavy (non-hydrogen) atoms. The summed E-state index contributed by atoms with van der Waals surface area (Å²) in [6.07, 6.45) is 3.66. The summed E-state index contributed by atoms with van der Waals surface area (Å²) < 4.78 is 5.69. The molecule has 0 aromatic carbocycles. The van der Waals surface area contributed by atoms with Crippen molar-refractivity contribution < 1.29 is 14.3 Å². The minimum atomic E-state index is -0.921. The first-order chi connectivity index (χ1) is 9.24. The number of fused-ring (bicyclic) bond motifs is 2. The van der Waals surface area contributed by atoms with E-state index in [0.717, 1.165) is 25.9 Å². The van der Waals surface area contributed by atoms with Crippen LogP contribution in [0.5, 0.6) is 0 Å². The number of rotatable bonds is 1. The van der Waals surface area contributed by atoms with Crippen LogP contribution >= 0.6 is 0 Å². The Kier molecular flexibility index (Phi) is 2.77. The van der Waals surface area contributed by atoms with Crippen molar-refractivity contribution >= 4 is 11.9 Å². The number of hydrogen-bond acceptors (Lipinski definition) is 3. The SMILES string of the molecule is C[C@H]1CCCN(C(=O)[C@@]23CC[C@@](C)(C(=O)O2)C3(C)C)C1. The van der Waals surface area contributed by atoms with Gasteiger partial charge in [0, 0.05) is 18.5 Å². The molecule has 1 saturated carbocycles. The molecule has 2 saturated heterocycles. The predicted molar refractivity (Wildman–Crippen MR) is 74.9 cm³/mol. The maximum Gasteiger partial charge on any atom is 0.313 e. The summed E-state index contributed by atoms with van der Waals surface area (Å²) in [5, 5.41) is 0. The Morgan fingerprint density at radius 3 is 2.50 bits per heavy atom. The number of piperidine rings is 1. The van der Waals surface area contributed by atoms with Crippen molar-refractivity contribution in [3.8, 4) is 0 Å². The van der Waals surface area contributed by atoms with Crippen molar-refractivity contribution in [2.24, 2.45) is 16.7 Å². The first-order valence-electron chi connectivity index (χ1n) is 7.77. The molecule has 0 aromatic heterocycles. The van der Waals surface area contributed by atoms with Crippen molar-refractivity contribution in [2.45, 2.75) is 59.0 Å². The van der Waals surface area contributed by atoms with Gasteiger partial charge in [-0.05, 0) is 38.5 Å². The molecule has 4 nitrogen and oxygen atoms in total. The highest BCUT2D eigenvalue weighted by atomic mass is 16.6. The molecule has 3 rings (SSSR count). The maximum absolute atomic E-state index is 13.1. The van der Waals surface area contributed by atoms with E-state index in [4.69, 9.17) is 4.74 Å². The Morgan fingerprint density at radius 1 is 1.30 bits per heavy atom. The quantitative estimate of drug-likeness (QED) is 0.692. The number of nitrogens with zero attached hydrogens (tertiary/aromatic N) is 1. The van der Waals surface area contributed by atoms with Crippen LogP contribution in [0.4, 0.5) is 0 Å². The van der Waals surface area contributed by atoms with Crippen LogP contribution in [0, 0.1) is 16.7 Å². The average molecular weight is 279 g/mol. The van der Waals surface area contributed by atoms with Crippen LogP contribution in [0.15, 0.2) is 0 Å². The van der Waals surface area contributed by atoms with Crippen LogP contribution in [0.1, 0.15) is 53.4 Å². The van der Waals surface area contributed by atoms with Gasteiger partial charge < -0.3 is 9.64 Å². The van der Waals surface area contributed by atoms with Gasteiger partial charge in [-0.25, -0.2) is 0 Å². The Balaban J connectivity index is 1.93. The number of esters is 1. The Morgan fingerprint density at radius 2 is 2.00 bits per heavy atom. The highest BCUT2D eigenvalue weighted by molar-refractivity contribution is 5.96. The summed E-state index contributed by atoms with van der Waals surface area (Å²) in [6.45, 7) is 9.78. The first kappa shape index (κ1) is 13.9. The third-order valence-corrected chi connectivity index (χ3v) is 6.37. The number of amides is 1. The van der Waals surface area contributed by atoms with Crippen LogP contribution in [-0.4, -0.2) is 35.5 Å². The summed E-state index contributed by atoms with van der Waals surface area (Å²) in [6, 6.07) is 0. The molecule has 2 aliphatic heterocycles. The second kappa shape index (κ2) is 3.99. The van der Waals surface area contributed by atoms with Gasteiger partial charge >= 0.3 is 5.97 Å². The second-order valence-electron chi connectivity index (χ2n) is 7.67. The van der Waals surface area contributed by atoms with Crippen LogP contribution in [0.3, 0.4) is 0 Å². The van der Waals surface area contributed by atoms with Gasteiger partial charge in [0.2, 0.25) is 0 Å². The normalized spacial score (nSPS) is 42.7. The Hall–Kier alpha value is -1.06. The maximum atomic E-state index is 13.1. The number of carbonyl (C=O) groups is 2. The van der Waals surface area contributed by atoms with Gasteiger partial charge in [-0.2, -0.15) is 0 Å². The lowest BCUT2D eigenvalue weighted by atomic mass is 9.66. The first-order valence-corrected chi connectivity index (χ1v) is 7.77. The molecule has 4 heteroatoms. The summed E-state index contributed by atoms with van der Waals surface area (Å²) in [5.41, 5.74) is -1.85. The monoisotopic (exact) mass is 279 g/mol. The molecule has 0 aromatic rings. The van der Waals surface area contributed by atoms with E-state index in [1.165, 1.54) is 6.42 Å². The van der Waals surface area contributed by atoms with Crippen molar-refractivity contribution in [1.82, 2.24) is 4.90 Å². The largest absolute Gasteiger partial charge is 0.448 e. The van der Waals surface area contributed by atoms with Crippen LogP contribution < -0.4 is 0 Å². The molecule has 0 unspecified atom stereocenters. The van der Waals surface area contributed by atoms with Gasteiger partial charge in [0.05, 0.1) is 5.41 Å². The molecule has 1 amide bonds. The van der Waals surface area contributed by atoms with Crippen molar-refractivity contribution in [3.05, 3.63) is 0 Å². The number of hydrogen-bond donors (Lipinski definition) is 0. The van der Waals surface area contributed by atoms with Gasteiger partial charge in [0.1, 0.15) is 0 Å². The van der Waals surface area contributed by atoms with Crippen molar-refractivity contribution in [1.29, 1.82) is 0 Å². The Labute approximate surface area is 120 Å². The smallest absolute Gasteiger partial charge is 0.313 e. The van der Waals surface area contributed by atoms with Crippen molar-refractivity contribution in [2.75, 3.05) is 13.1 Å². The fraction of sp³-hybridized carbons (Fsp3) is 0.875. The van der Waals surface area contributed by atoms with E-state index in [2.05, 4.69) is 6.92 Å². The summed E-state index contributed by atoms with van der Waals surface area (Å²) >= 11 is 0. The van der Waals surface area contributed by atoms with Crippen molar-refractivity contribution in [3.63, 3.8) is 0 Å². The predicted octanol–water partition coefficient (Wildman–Crippen LogP) is 2.37. The minimum absolute atomic E-state index is 0.0450. The van der Waals surface area contributed by atoms with Gasteiger partial charge in [-0.1, -0.05) is 20.8 Å². The van der Waals surface area contributed by atoms with Gasteiger partial charge in [0.25, 0.3) is 5.91 Å². The molecular weight excluding hydrogens is 254 g/mol. The van der Waals surface area contributed by atoms with E-state index in [9.17, 15) is 9.59 Å². The lowest BCUT2D eigenvalue weighted by Gasteiger charge is -2.41. The zero-order valence-electron chi connectivity index (χ0n) is 13.0. The summed E-state index contributed by atoms with van der Waals surface area (Å²) in [4.78, 5) is 27.2. The van der Waals surface area contributed by atoms with Gasteiger partial charge in [0.15, 0.2) is 5.60 Å². The van der Waals surface area contributed by atoms with Crippen LogP contribution in [0.25, 0.3) is 0 Å². The molecule has 0 N–H and O–H groups in total. The van der Waals surface area contributed by atoms with E-state index in [1.807, 2.05) is 25.7 Å². The Bertz CT molecular complexity index is 472. The lowest BCUT2D eigenvalue weighted by molar-refractivity contribution is -0.175. The molecule has 2 bridgehead atoms. The highest BCUT2D eigenvalue weighted by Crippen LogP contribution is 2.66. The summed E-state index contributed by atoms with van der Waals surface area (Å²) in [5.74, 6) is 0.396. The number of carbonyl (C=O) groups excluding carboxylic acids is 2. The fourth-order valence-corrected chi connectivity index (χ4v) is 4.35. The number of ether oxygens (including phenoxy) is 1. The standard InChI is InChI=1S/C16H25NO3/c1-11-6-5-9-17(10-11)12(18)16-8-7-15(4,13(19)20-16)14(16,2)3/h11H,5-10H2,1-4H3/t11-,15-,16+/m0/s1. The second-order valence-corrected chi connectivity index (χ2v) is 7.67.